The molecule has 2 aromatic rings. The first-order chi connectivity index (χ1) is 12.4. The maximum atomic E-state index is 12.9. The van der Waals surface area contributed by atoms with Crippen LogP contribution in [-0.2, 0) is 10.0 Å². The van der Waals surface area contributed by atoms with E-state index in [9.17, 15) is 13.2 Å². The summed E-state index contributed by atoms with van der Waals surface area (Å²) in [4.78, 5) is 13.9. The molecule has 0 saturated carbocycles. The van der Waals surface area contributed by atoms with E-state index in [-0.39, 0.29) is 10.8 Å². The van der Waals surface area contributed by atoms with E-state index in [0.717, 1.165) is 17.7 Å². The zero-order valence-electron chi connectivity index (χ0n) is 14.9. The number of rotatable bonds is 5. The summed E-state index contributed by atoms with van der Waals surface area (Å²) < 4.78 is 27.2. The molecule has 1 N–H and O–H groups in total. The third-order valence-corrected chi connectivity index (χ3v) is 7.23. The molecule has 3 rings (SSSR count). The van der Waals surface area contributed by atoms with Gasteiger partial charge in [0.1, 0.15) is 0 Å². The highest BCUT2D eigenvalue weighted by Crippen LogP contribution is 2.25. The molecule has 0 aliphatic carbocycles. The highest BCUT2D eigenvalue weighted by molar-refractivity contribution is 7.98. The molecule has 0 spiro atoms. The molecular weight excluding hydrogens is 368 g/mol. The van der Waals surface area contributed by atoms with E-state index < -0.39 is 10.0 Å². The van der Waals surface area contributed by atoms with E-state index in [1.165, 1.54) is 10.4 Å². The van der Waals surface area contributed by atoms with Gasteiger partial charge in [-0.05, 0) is 61.9 Å². The lowest BCUT2D eigenvalue weighted by Crippen LogP contribution is -2.28. The predicted octanol–water partition coefficient (Wildman–Crippen LogP) is 3.75. The van der Waals surface area contributed by atoms with Crippen LogP contribution in [0.2, 0.25) is 0 Å². The number of nitrogens with one attached hydrogen (secondary N) is 1. The molecule has 138 valence electrons. The number of aryl methyl sites for hydroxylation is 1. The van der Waals surface area contributed by atoms with E-state index in [1.807, 2.05) is 30.5 Å². The first-order valence-electron chi connectivity index (χ1n) is 8.48. The highest BCUT2D eigenvalue weighted by Gasteiger charge is 2.29. The van der Waals surface area contributed by atoms with Crippen molar-refractivity contribution in [2.75, 3.05) is 24.7 Å². The number of sulfonamides is 1. The second-order valence-electron chi connectivity index (χ2n) is 6.28. The summed E-state index contributed by atoms with van der Waals surface area (Å²) in [6.45, 7) is 2.84. The maximum Gasteiger partial charge on any atom is 0.255 e. The Kier molecular flexibility index (Phi) is 5.70. The quantitative estimate of drug-likeness (QED) is 0.790. The largest absolute Gasteiger partial charge is 0.322 e. The van der Waals surface area contributed by atoms with Gasteiger partial charge < -0.3 is 5.32 Å². The minimum absolute atomic E-state index is 0.213. The SMILES string of the molecule is CSc1cccc(NC(=O)c2ccc(C)c(S(=O)(=O)N3CCCC3)c2)c1. The Balaban J connectivity index is 1.88. The summed E-state index contributed by atoms with van der Waals surface area (Å²) in [6.07, 6.45) is 3.73. The van der Waals surface area contributed by atoms with Gasteiger partial charge in [-0.25, -0.2) is 8.42 Å². The van der Waals surface area contributed by atoms with Gasteiger partial charge in [-0.1, -0.05) is 12.1 Å². The van der Waals surface area contributed by atoms with E-state index in [0.29, 0.717) is 29.9 Å². The normalized spacial score (nSPS) is 15.2. The van der Waals surface area contributed by atoms with E-state index in [1.54, 1.807) is 30.8 Å². The van der Waals surface area contributed by atoms with Crippen LogP contribution in [-0.4, -0.2) is 38.0 Å². The molecule has 1 aliphatic heterocycles. The van der Waals surface area contributed by atoms with E-state index in [2.05, 4.69) is 5.32 Å². The van der Waals surface area contributed by atoms with E-state index >= 15 is 0 Å². The van der Waals surface area contributed by atoms with Crippen LogP contribution in [0.3, 0.4) is 0 Å². The number of amides is 1. The highest BCUT2D eigenvalue weighted by atomic mass is 32.2. The van der Waals surface area contributed by atoms with Crippen molar-refractivity contribution < 1.29 is 13.2 Å². The summed E-state index contributed by atoms with van der Waals surface area (Å²) in [7, 11) is -3.56. The third kappa shape index (κ3) is 3.95. The maximum absolute atomic E-state index is 12.9. The summed E-state index contributed by atoms with van der Waals surface area (Å²) in [5, 5.41) is 2.84. The third-order valence-electron chi connectivity index (χ3n) is 4.46. The Morgan fingerprint density at radius 2 is 1.85 bits per heavy atom. The molecule has 1 heterocycles. The van der Waals surface area contributed by atoms with Gasteiger partial charge in [0.15, 0.2) is 0 Å². The molecule has 5 nitrogen and oxygen atoms in total. The average molecular weight is 391 g/mol. The lowest BCUT2D eigenvalue weighted by Gasteiger charge is -2.18. The van der Waals surface area contributed by atoms with Gasteiger partial charge >= 0.3 is 0 Å². The molecule has 0 atom stereocenters. The van der Waals surface area contributed by atoms with Crippen molar-refractivity contribution in [3.63, 3.8) is 0 Å². The van der Waals surface area contributed by atoms with Gasteiger partial charge in [-0.15, -0.1) is 11.8 Å². The number of hydrogen-bond acceptors (Lipinski definition) is 4. The fourth-order valence-corrected chi connectivity index (χ4v) is 5.22. The van der Waals surface area contributed by atoms with Crippen molar-refractivity contribution in [1.29, 1.82) is 0 Å². The Morgan fingerprint density at radius 1 is 1.12 bits per heavy atom. The monoisotopic (exact) mass is 390 g/mol. The molecule has 0 radical (unpaired) electrons. The predicted molar refractivity (Wildman–Crippen MR) is 105 cm³/mol. The van der Waals surface area contributed by atoms with E-state index in [4.69, 9.17) is 0 Å². The lowest BCUT2D eigenvalue weighted by molar-refractivity contribution is 0.102. The standard InChI is InChI=1S/C19H22N2O3S2/c1-14-8-9-15(12-18(14)26(23,24)21-10-3-4-11-21)19(22)20-16-6-5-7-17(13-16)25-2/h5-9,12-13H,3-4,10-11H2,1-2H3,(H,20,22). The van der Waals surface area contributed by atoms with Crippen LogP contribution in [0.15, 0.2) is 52.3 Å². The molecule has 1 amide bonds. The van der Waals surface area contributed by atoms with Crippen molar-refractivity contribution in [3.8, 4) is 0 Å². The van der Waals surface area contributed by atoms with Crippen LogP contribution in [0.4, 0.5) is 5.69 Å². The van der Waals surface area contributed by atoms with Crippen LogP contribution in [0.5, 0.6) is 0 Å². The lowest BCUT2D eigenvalue weighted by atomic mass is 10.1. The second kappa shape index (κ2) is 7.82. The summed E-state index contributed by atoms with van der Waals surface area (Å²) in [6, 6.07) is 12.4. The van der Waals surface area contributed by atoms with Crippen molar-refractivity contribution in [2.45, 2.75) is 29.6 Å². The van der Waals surface area contributed by atoms with Crippen molar-refractivity contribution in [2.24, 2.45) is 0 Å². The number of thioether (sulfide) groups is 1. The van der Waals surface area contributed by atoms with Gasteiger partial charge in [0, 0.05) is 29.2 Å². The summed E-state index contributed by atoms with van der Waals surface area (Å²) in [5.41, 5.74) is 1.67. The minimum atomic E-state index is -3.56. The second-order valence-corrected chi connectivity index (χ2v) is 9.06. The molecule has 7 heteroatoms. The van der Waals surface area contributed by atoms with Crippen LogP contribution in [0, 0.1) is 6.92 Å². The molecule has 0 bridgehead atoms. The Hall–Kier alpha value is -1.83. The molecule has 0 aromatic heterocycles. The summed E-state index contributed by atoms with van der Waals surface area (Å²) >= 11 is 1.59. The zero-order chi connectivity index (χ0) is 18.7. The fourth-order valence-electron chi connectivity index (χ4n) is 2.99. The number of nitrogens with zero attached hydrogens (tertiary/aromatic N) is 1. The Labute approximate surface area is 158 Å². The van der Waals surface area contributed by atoms with Crippen molar-refractivity contribution in [1.82, 2.24) is 4.31 Å². The first-order valence-corrected chi connectivity index (χ1v) is 11.1. The fraction of sp³-hybridized carbons (Fsp3) is 0.316. The van der Waals surface area contributed by atoms with Gasteiger partial charge in [0.05, 0.1) is 4.90 Å². The summed E-state index contributed by atoms with van der Waals surface area (Å²) in [5.74, 6) is -0.318. The molecule has 1 fully saturated rings. The average Bonchev–Trinajstić information content (AvgIpc) is 3.17. The van der Waals surface area contributed by atoms with Crippen LogP contribution < -0.4 is 5.32 Å². The van der Waals surface area contributed by atoms with Crippen molar-refractivity contribution >= 4 is 33.4 Å². The molecular formula is C19H22N2O3S2. The van der Waals surface area contributed by atoms with Gasteiger partial charge in [-0.2, -0.15) is 4.31 Å². The number of anilines is 1. The zero-order valence-corrected chi connectivity index (χ0v) is 16.5. The molecule has 0 unspecified atom stereocenters. The molecule has 1 aliphatic rings. The molecule has 1 saturated heterocycles. The number of carbonyl (C=O) groups is 1. The smallest absolute Gasteiger partial charge is 0.255 e. The molecule has 2 aromatic carbocycles. The Morgan fingerprint density at radius 3 is 2.54 bits per heavy atom. The first kappa shape index (κ1) is 18.9. The van der Waals surface area contributed by atoms with Crippen LogP contribution in [0.1, 0.15) is 28.8 Å². The molecule has 26 heavy (non-hydrogen) atoms. The van der Waals surface area contributed by atoms with Crippen LogP contribution in [0.25, 0.3) is 0 Å². The number of benzene rings is 2. The number of carbonyl (C=O) groups excluding carboxylic acids is 1. The minimum Gasteiger partial charge on any atom is -0.322 e. The van der Waals surface area contributed by atoms with Crippen molar-refractivity contribution in [3.05, 3.63) is 53.6 Å². The Bertz CT molecular complexity index is 920. The number of hydrogen-bond donors (Lipinski definition) is 1. The van der Waals surface area contributed by atoms with Gasteiger partial charge in [0.2, 0.25) is 10.0 Å². The van der Waals surface area contributed by atoms with Gasteiger partial charge in [-0.3, -0.25) is 4.79 Å². The topological polar surface area (TPSA) is 66.5 Å². The van der Waals surface area contributed by atoms with Crippen LogP contribution >= 0.6 is 11.8 Å². The van der Waals surface area contributed by atoms with Gasteiger partial charge in [0.25, 0.3) is 5.91 Å².